The van der Waals surface area contributed by atoms with E-state index in [1.54, 1.807) is 43.3 Å². The van der Waals surface area contributed by atoms with E-state index in [1.807, 2.05) is 25.1 Å². The molecule has 7 heteroatoms. The molecular formula is C20H24N2O4S. The smallest absolute Gasteiger partial charge is 0.253 e. The van der Waals surface area contributed by atoms with Gasteiger partial charge >= 0.3 is 0 Å². The average Bonchev–Trinajstić information content (AvgIpc) is 3.00. The highest BCUT2D eigenvalue weighted by Gasteiger charge is 2.29. The third-order valence-electron chi connectivity index (χ3n) is 4.67. The van der Waals surface area contributed by atoms with E-state index in [0.29, 0.717) is 30.8 Å². The Morgan fingerprint density at radius 2 is 2.00 bits per heavy atom. The highest BCUT2D eigenvalue weighted by Crippen LogP contribution is 2.26. The third-order valence-corrected chi connectivity index (χ3v) is 6.54. The second kappa shape index (κ2) is 7.60. The van der Waals surface area contributed by atoms with Crippen LogP contribution in [0, 0.1) is 6.92 Å². The summed E-state index contributed by atoms with van der Waals surface area (Å²) in [5.41, 5.74) is 3.02. The first kappa shape index (κ1) is 19.2. The van der Waals surface area contributed by atoms with Crippen LogP contribution in [0.15, 0.2) is 42.5 Å². The van der Waals surface area contributed by atoms with Gasteiger partial charge in [-0.05, 0) is 37.6 Å². The second-order valence-electron chi connectivity index (χ2n) is 6.77. The van der Waals surface area contributed by atoms with E-state index >= 15 is 0 Å². The van der Waals surface area contributed by atoms with Crippen molar-refractivity contribution in [2.45, 2.75) is 19.9 Å². The van der Waals surface area contributed by atoms with Crippen LogP contribution in [-0.4, -0.2) is 45.7 Å². The highest BCUT2D eigenvalue weighted by atomic mass is 32.2. The summed E-state index contributed by atoms with van der Waals surface area (Å²) in [4.78, 5) is 14.5. The van der Waals surface area contributed by atoms with Crippen LogP contribution in [0.5, 0.6) is 5.75 Å². The van der Waals surface area contributed by atoms with Crippen LogP contribution in [0.1, 0.15) is 27.9 Å². The summed E-state index contributed by atoms with van der Waals surface area (Å²) in [6.45, 7) is 2.84. The molecule has 0 atom stereocenters. The van der Waals surface area contributed by atoms with Crippen LogP contribution in [0.25, 0.3) is 0 Å². The molecule has 2 aromatic rings. The highest BCUT2D eigenvalue weighted by molar-refractivity contribution is 7.93. The maximum atomic E-state index is 12.9. The number of hydrogen-bond acceptors (Lipinski definition) is 4. The summed E-state index contributed by atoms with van der Waals surface area (Å²) in [5.74, 6) is 0.715. The summed E-state index contributed by atoms with van der Waals surface area (Å²) in [6.07, 6.45) is 0.605. The fourth-order valence-electron chi connectivity index (χ4n) is 3.30. The average molecular weight is 388 g/mol. The molecule has 6 nitrogen and oxygen atoms in total. The summed E-state index contributed by atoms with van der Waals surface area (Å²) in [5, 5.41) is 0. The predicted molar refractivity (Wildman–Crippen MR) is 106 cm³/mol. The van der Waals surface area contributed by atoms with Crippen LogP contribution in [0.2, 0.25) is 0 Å². The van der Waals surface area contributed by atoms with Gasteiger partial charge in [-0.1, -0.05) is 23.8 Å². The van der Waals surface area contributed by atoms with E-state index in [-0.39, 0.29) is 11.7 Å². The van der Waals surface area contributed by atoms with Crippen molar-refractivity contribution in [2.75, 3.05) is 30.8 Å². The Morgan fingerprint density at radius 1 is 1.22 bits per heavy atom. The van der Waals surface area contributed by atoms with E-state index in [0.717, 1.165) is 16.9 Å². The Morgan fingerprint density at radius 3 is 2.67 bits per heavy atom. The summed E-state index contributed by atoms with van der Waals surface area (Å²) < 4.78 is 31.0. The molecule has 0 N–H and O–H groups in total. The monoisotopic (exact) mass is 388 g/mol. The maximum Gasteiger partial charge on any atom is 0.253 e. The molecule has 0 radical (unpaired) electrons. The molecule has 0 saturated carbocycles. The minimum absolute atomic E-state index is 0.151. The number of amides is 1. The molecule has 0 aromatic heterocycles. The standard InChI is InChI=1S/C20H24N2O4S/c1-15-8-9-19(26-3)17(12-15)14-21(2)20(23)16-6-4-7-18(13-16)22-10-5-11-27(22,24)25/h4,6-9,12-13H,5,10-11,14H2,1-3H3. The number of nitrogens with zero attached hydrogens (tertiary/aromatic N) is 2. The lowest BCUT2D eigenvalue weighted by Gasteiger charge is -2.21. The Balaban J connectivity index is 1.82. The first-order valence-electron chi connectivity index (χ1n) is 8.81. The zero-order valence-electron chi connectivity index (χ0n) is 15.8. The molecule has 2 aromatic carbocycles. The van der Waals surface area contributed by atoms with Crippen molar-refractivity contribution in [3.63, 3.8) is 0 Å². The fourth-order valence-corrected chi connectivity index (χ4v) is 4.86. The molecule has 1 fully saturated rings. The van der Waals surface area contributed by atoms with E-state index in [4.69, 9.17) is 4.74 Å². The van der Waals surface area contributed by atoms with Gasteiger partial charge in [0.25, 0.3) is 5.91 Å². The zero-order chi connectivity index (χ0) is 19.6. The van der Waals surface area contributed by atoms with Gasteiger partial charge in [0.05, 0.1) is 18.6 Å². The predicted octanol–water partition coefficient (Wildman–Crippen LogP) is 2.82. The Bertz CT molecular complexity index is 956. The molecule has 1 amide bonds. The van der Waals surface area contributed by atoms with E-state index in [2.05, 4.69) is 0 Å². The number of carbonyl (C=O) groups is 1. The summed E-state index contributed by atoms with van der Waals surface area (Å²) in [7, 11) is 0.0594. The topological polar surface area (TPSA) is 66.9 Å². The number of ether oxygens (including phenoxy) is 1. The number of rotatable bonds is 5. The van der Waals surface area contributed by atoms with E-state index in [1.165, 1.54) is 4.31 Å². The Kier molecular flexibility index (Phi) is 5.41. The first-order chi connectivity index (χ1) is 12.8. The Hall–Kier alpha value is -2.54. The van der Waals surface area contributed by atoms with Crippen LogP contribution in [-0.2, 0) is 16.6 Å². The fraction of sp³-hybridized carbons (Fsp3) is 0.350. The van der Waals surface area contributed by atoms with Crippen molar-refractivity contribution in [3.05, 3.63) is 59.2 Å². The molecular weight excluding hydrogens is 364 g/mol. The van der Waals surface area contributed by atoms with Crippen molar-refractivity contribution in [2.24, 2.45) is 0 Å². The number of benzene rings is 2. The van der Waals surface area contributed by atoms with Crippen molar-refractivity contribution < 1.29 is 17.9 Å². The van der Waals surface area contributed by atoms with Crippen molar-refractivity contribution in [3.8, 4) is 5.75 Å². The van der Waals surface area contributed by atoms with E-state index in [9.17, 15) is 13.2 Å². The molecule has 0 bridgehead atoms. The first-order valence-corrected chi connectivity index (χ1v) is 10.4. The molecule has 27 heavy (non-hydrogen) atoms. The van der Waals surface area contributed by atoms with Gasteiger partial charge in [-0.3, -0.25) is 9.10 Å². The number of anilines is 1. The van der Waals surface area contributed by atoms with Gasteiger partial charge in [0, 0.05) is 31.3 Å². The molecule has 1 aliphatic rings. The minimum atomic E-state index is -3.27. The third kappa shape index (κ3) is 4.08. The lowest BCUT2D eigenvalue weighted by atomic mass is 10.1. The van der Waals surface area contributed by atoms with Gasteiger partial charge < -0.3 is 9.64 Å². The van der Waals surface area contributed by atoms with Crippen molar-refractivity contribution >= 4 is 21.6 Å². The number of sulfonamides is 1. The second-order valence-corrected chi connectivity index (χ2v) is 8.78. The van der Waals surface area contributed by atoms with Crippen LogP contribution < -0.4 is 9.04 Å². The van der Waals surface area contributed by atoms with Crippen molar-refractivity contribution in [1.82, 2.24) is 4.90 Å². The molecule has 0 aliphatic carbocycles. The zero-order valence-corrected chi connectivity index (χ0v) is 16.6. The van der Waals surface area contributed by atoms with Gasteiger partial charge in [0.2, 0.25) is 10.0 Å². The van der Waals surface area contributed by atoms with Gasteiger partial charge in [-0.25, -0.2) is 8.42 Å². The van der Waals surface area contributed by atoms with Gasteiger partial charge in [0.1, 0.15) is 5.75 Å². The lowest BCUT2D eigenvalue weighted by molar-refractivity contribution is 0.0784. The minimum Gasteiger partial charge on any atom is -0.496 e. The van der Waals surface area contributed by atoms with Crippen LogP contribution in [0.3, 0.4) is 0 Å². The van der Waals surface area contributed by atoms with E-state index < -0.39 is 10.0 Å². The van der Waals surface area contributed by atoms with Gasteiger partial charge in [0.15, 0.2) is 0 Å². The van der Waals surface area contributed by atoms with Crippen LogP contribution >= 0.6 is 0 Å². The quantitative estimate of drug-likeness (QED) is 0.790. The molecule has 3 rings (SSSR count). The number of methoxy groups -OCH3 is 1. The Labute approximate surface area is 160 Å². The summed E-state index contributed by atoms with van der Waals surface area (Å²) >= 11 is 0. The molecule has 1 saturated heterocycles. The SMILES string of the molecule is COc1ccc(C)cc1CN(C)C(=O)c1cccc(N2CCCS2(=O)=O)c1. The summed E-state index contributed by atoms with van der Waals surface area (Å²) in [6, 6.07) is 12.6. The molecule has 1 aliphatic heterocycles. The van der Waals surface area contributed by atoms with Gasteiger partial charge in [-0.2, -0.15) is 0 Å². The van der Waals surface area contributed by atoms with Crippen LogP contribution in [0.4, 0.5) is 5.69 Å². The normalized spacial score (nSPS) is 15.6. The molecule has 1 heterocycles. The molecule has 0 spiro atoms. The number of aryl methyl sites for hydroxylation is 1. The largest absolute Gasteiger partial charge is 0.496 e. The molecule has 0 unspecified atom stereocenters. The van der Waals surface area contributed by atoms with Crippen molar-refractivity contribution in [1.29, 1.82) is 0 Å². The number of carbonyl (C=O) groups excluding carboxylic acids is 1. The maximum absolute atomic E-state index is 12.9. The molecule has 144 valence electrons. The number of hydrogen-bond donors (Lipinski definition) is 0. The van der Waals surface area contributed by atoms with Gasteiger partial charge in [-0.15, -0.1) is 0 Å². The lowest BCUT2D eigenvalue weighted by Crippen LogP contribution is -2.28.